The topological polar surface area (TPSA) is 75.6 Å². The van der Waals surface area contributed by atoms with Crippen LogP contribution in [0.2, 0.25) is 0 Å². The Labute approximate surface area is 126 Å². The first kappa shape index (κ1) is 16.3. The van der Waals surface area contributed by atoms with Gasteiger partial charge in [0.15, 0.2) is 0 Å². The van der Waals surface area contributed by atoms with Crippen LogP contribution in [0.5, 0.6) is 5.75 Å². The molecule has 3 unspecified atom stereocenters. The summed E-state index contributed by atoms with van der Waals surface area (Å²) >= 11 is 0. The van der Waals surface area contributed by atoms with Crippen LogP contribution in [-0.4, -0.2) is 26.7 Å². The molecule has 1 fully saturated rings. The number of sulfonamides is 1. The van der Waals surface area contributed by atoms with Crippen LogP contribution in [0.4, 0.5) is 0 Å². The van der Waals surface area contributed by atoms with Crippen LogP contribution in [0.15, 0.2) is 23.1 Å². The average Bonchev–Trinajstić information content (AvgIpc) is 2.78. The van der Waals surface area contributed by atoms with Crippen LogP contribution in [0.1, 0.15) is 32.3 Å². The molecular weight excluding hydrogens is 290 g/mol. The van der Waals surface area contributed by atoms with Crippen LogP contribution in [0, 0.1) is 11.8 Å². The van der Waals surface area contributed by atoms with E-state index >= 15 is 0 Å². The van der Waals surface area contributed by atoms with Crippen molar-refractivity contribution in [1.82, 2.24) is 4.72 Å². The van der Waals surface area contributed by atoms with Crippen LogP contribution in [0.25, 0.3) is 0 Å². The maximum atomic E-state index is 12.5. The number of aliphatic hydroxyl groups excluding tert-OH is 1. The molecule has 2 N–H and O–H groups in total. The number of aliphatic hydroxyl groups is 1. The van der Waals surface area contributed by atoms with E-state index in [9.17, 15) is 13.5 Å². The molecule has 0 amide bonds. The largest absolute Gasteiger partial charge is 0.496 e. The molecule has 0 saturated heterocycles. The number of rotatable bonds is 5. The predicted octanol–water partition coefficient (Wildman–Crippen LogP) is 1.90. The van der Waals surface area contributed by atoms with Gasteiger partial charge < -0.3 is 9.84 Å². The van der Waals surface area contributed by atoms with Gasteiger partial charge in [-0.05, 0) is 42.9 Å². The zero-order valence-electron chi connectivity index (χ0n) is 12.7. The van der Waals surface area contributed by atoms with E-state index in [1.54, 1.807) is 6.07 Å². The van der Waals surface area contributed by atoms with Crippen LogP contribution >= 0.6 is 0 Å². The van der Waals surface area contributed by atoms with Gasteiger partial charge in [0.2, 0.25) is 10.0 Å². The van der Waals surface area contributed by atoms with E-state index in [-0.39, 0.29) is 17.5 Å². The summed E-state index contributed by atoms with van der Waals surface area (Å²) in [6, 6.07) is 4.51. The molecule has 1 aliphatic carbocycles. The highest BCUT2D eigenvalue weighted by molar-refractivity contribution is 7.89. The Bertz CT molecular complexity index is 600. The van der Waals surface area contributed by atoms with E-state index < -0.39 is 10.0 Å². The Morgan fingerprint density at radius 2 is 2.05 bits per heavy atom. The van der Waals surface area contributed by atoms with Crippen molar-refractivity contribution in [1.29, 1.82) is 0 Å². The molecule has 1 saturated carbocycles. The van der Waals surface area contributed by atoms with E-state index in [1.165, 1.54) is 19.2 Å². The number of hydrogen-bond acceptors (Lipinski definition) is 4. The second-order valence-electron chi connectivity index (χ2n) is 5.77. The molecule has 1 aliphatic rings. The Morgan fingerprint density at radius 1 is 1.33 bits per heavy atom. The summed E-state index contributed by atoms with van der Waals surface area (Å²) in [6.45, 7) is 3.97. The molecule has 0 radical (unpaired) electrons. The van der Waals surface area contributed by atoms with E-state index in [0.717, 1.165) is 12.8 Å². The van der Waals surface area contributed by atoms with Gasteiger partial charge in [0.1, 0.15) is 5.75 Å². The third kappa shape index (κ3) is 3.39. The number of methoxy groups -OCH3 is 1. The summed E-state index contributed by atoms with van der Waals surface area (Å²) in [7, 11) is -2.09. The van der Waals surface area contributed by atoms with Crippen LogP contribution in [-0.2, 0) is 16.6 Å². The molecule has 0 aromatic heterocycles. The highest BCUT2D eigenvalue weighted by atomic mass is 32.2. The number of benzene rings is 1. The van der Waals surface area contributed by atoms with Crippen molar-refractivity contribution in [2.75, 3.05) is 7.11 Å². The van der Waals surface area contributed by atoms with Gasteiger partial charge in [-0.25, -0.2) is 13.1 Å². The fourth-order valence-electron chi connectivity index (χ4n) is 2.84. The van der Waals surface area contributed by atoms with Crippen molar-refractivity contribution >= 4 is 10.0 Å². The van der Waals surface area contributed by atoms with Gasteiger partial charge >= 0.3 is 0 Å². The molecule has 21 heavy (non-hydrogen) atoms. The Balaban J connectivity index is 2.24. The van der Waals surface area contributed by atoms with Gasteiger partial charge in [0, 0.05) is 11.6 Å². The first-order valence-corrected chi connectivity index (χ1v) is 8.67. The van der Waals surface area contributed by atoms with Crippen molar-refractivity contribution in [3.8, 4) is 5.75 Å². The van der Waals surface area contributed by atoms with Gasteiger partial charge in [-0.1, -0.05) is 13.8 Å². The fourth-order valence-corrected chi connectivity index (χ4v) is 4.26. The van der Waals surface area contributed by atoms with E-state index in [1.807, 2.05) is 0 Å². The first-order chi connectivity index (χ1) is 9.89. The Hall–Kier alpha value is -1.11. The summed E-state index contributed by atoms with van der Waals surface area (Å²) in [5, 5.41) is 9.31. The summed E-state index contributed by atoms with van der Waals surface area (Å²) in [4.78, 5) is 0.166. The summed E-state index contributed by atoms with van der Waals surface area (Å²) in [5.74, 6) is 1.34. The third-order valence-electron chi connectivity index (χ3n) is 4.50. The lowest BCUT2D eigenvalue weighted by atomic mass is 9.98. The number of ether oxygens (including phenoxy) is 1. The third-order valence-corrected chi connectivity index (χ3v) is 5.99. The van der Waals surface area contributed by atoms with Crippen molar-refractivity contribution in [3.63, 3.8) is 0 Å². The molecule has 0 spiro atoms. The van der Waals surface area contributed by atoms with Gasteiger partial charge in [-0.2, -0.15) is 0 Å². The summed E-state index contributed by atoms with van der Waals surface area (Å²) < 4.78 is 32.8. The SMILES string of the molecule is COc1ccc(S(=O)(=O)NC2CCC(C)C2C)cc1CO. The summed E-state index contributed by atoms with van der Waals surface area (Å²) in [5.41, 5.74) is 0.466. The average molecular weight is 313 g/mol. The smallest absolute Gasteiger partial charge is 0.240 e. The lowest BCUT2D eigenvalue weighted by Crippen LogP contribution is -2.37. The monoisotopic (exact) mass is 313 g/mol. The minimum absolute atomic E-state index is 0.0234. The first-order valence-electron chi connectivity index (χ1n) is 7.19. The zero-order valence-corrected chi connectivity index (χ0v) is 13.5. The van der Waals surface area contributed by atoms with Crippen LogP contribution < -0.4 is 9.46 Å². The standard InChI is InChI=1S/C15H23NO4S/c1-10-4-6-14(11(10)2)16-21(18,19)13-5-7-15(20-3)12(8-13)9-17/h5,7-8,10-11,14,16-17H,4,6,9H2,1-3H3. The molecule has 0 bridgehead atoms. The normalized spacial score (nSPS) is 26.0. The molecule has 2 rings (SSSR count). The molecule has 6 heteroatoms. The van der Waals surface area contributed by atoms with Crippen molar-refractivity contribution in [2.24, 2.45) is 11.8 Å². The highest BCUT2D eigenvalue weighted by Gasteiger charge is 2.33. The molecule has 1 aromatic rings. The maximum absolute atomic E-state index is 12.5. The number of nitrogens with one attached hydrogen (secondary N) is 1. The van der Waals surface area contributed by atoms with Gasteiger partial charge in [0.05, 0.1) is 18.6 Å². The highest BCUT2D eigenvalue weighted by Crippen LogP contribution is 2.32. The van der Waals surface area contributed by atoms with Gasteiger partial charge in [-0.3, -0.25) is 0 Å². The Kier molecular flexibility index (Phi) is 4.91. The quantitative estimate of drug-likeness (QED) is 0.870. The molecule has 3 atom stereocenters. The van der Waals surface area contributed by atoms with Crippen molar-refractivity contribution in [3.05, 3.63) is 23.8 Å². The van der Waals surface area contributed by atoms with Crippen molar-refractivity contribution in [2.45, 2.75) is 44.2 Å². The van der Waals surface area contributed by atoms with Crippen molar-refractivity contribution < 1.29 is 18.3 Å². The molecule has 1 aromatic carbocycles. The second-order valence-corrected chi connectivity index (χ2v) is 7.49. The molecule has 118 valence electrons. The van der Waals surface area contributed by atoms with E-state index in [2.05, 4.69) is 18.6 Å². The van der Waals surface area contributed by atoms with E-state index in [4.69, 9.17) is 4.74 Å². The number of hydrogen-bond donors (Lipinski definition) is 2. The lowest BCUT2D eigenvalue weighted by molar-refractivity contribution is 0.273. The second kappa shape index (κ2) is 6.34. The minimum Gasteiger partial charge on any atom is -0.496 e. The van der Waals surface area contributed by atoms with Gasteiger partial charge in [0.25, 0.3) is 0 Å². The van der Waals surface area contributed by atoms with Crippen LogP contribution in [0.3, 0.4) is 0 Å². The minimum atomic E-state index is -3.57. The van der Waals surface area contributed by atoms with E-state index in [0.29, 0.717) is 23.1 Å². The molecule has 0 aliphatic heterocycles. The predicted molar refractivity (Wildman–Crippen MR) is 80.6 cm³/mol. The van der Waals surface area contributed by atoms with Gasteiger partial charge in [-0.15, -0.1) is 0 Å². The zero-order chi connectivity index (χ0) is 15.6. The molecule has 0 heterocycles. The lowest BCUT2D eigenvalue weighted by Gasteiger charge is -2.20. The summed E-state index contributed by atoms with van der Waals surface area (Å²) in [6.07, 6.45) is 1.91. The molecule has 5 nitrogen and oxygen atoms in total. The Morgan fingerprint density at radius 3 is 2.57 bits per heavy atom. The maximum Gasteiger partial charge on any atom is 0.240 e. The molecular formula is C15H23NO4S. The fraction of sp³-hybridized carbons (Fsp3) is 0.600.